The predicted octanol–water partition coefficient (Wildman–Crippen LogP) is 16.5. The fourth-order valence-corrected chi connectivity index (χ4v) is 14.4. The summed E-state index contributed by atoms with van der Waals surface area (Å²) in [5.74, 6) is 1.34. The van der Waals surface area contributed by atoms with E-state index in [4.69, 9.17) is 4.74 Å². The molecule has 2 aliphatic rings. The number of carbonyl (C=O) groups excluding carboxylic acids is 1. The molecule has 57 heavy (non-hydrogen) atoms. The van der Waals surface area contributed by atoms with E-state index in [-0.39, 0.29) is 17.4 Å². The molecule has 2 unspecified atom stereocenters. The Morgan fingerprint density at radius 1 is 0.614 bits per heavy atom. The number of ether oxygens (including phenoxy) is 1. The normalized spacial score (nSPS) is 17.3. The predicted molar refractivity (Wildman–Crippen MR) is 249 cm³/mol. The third kappa shape index (κ3) is 8.82. The highest BCUT2D eigenvalue weighted by atomic mass is 32.1. The van der Waals surface area contributed by atoms with E-state index in [0.717, 1.165) is 34.6 Å². The van der Waals surface area contributed by atoms with Crippen LogP contribution in [0, 0.1) is 11.8 Å². The summed E-state index contributed by atoms with van der Waals surface area (Å²) < 4.78 is 6.02. The van der Waals surface area contributed by atoms with Gasteiger partial charge in [0, 0.05) is 25.5 Å². The zero-order chi connectivity index (χ0) is 40.6. The number of rotatable bonds is 26. The van der Waals surface area contributed by atoms with E-state index in [1.807, 2.05) is 29.8 Å². The second-order valence-electron chi connectivity index (χ2n) is 17.6. The Morgan fingerprint density at radius 2 is 1.19 bits per heavy atom. The Labute approximate surface area is 358 Å². The third-order valence-electron chi connectivity index (χ3n) is 14.0. The lowest BCUT2D eigenvalue weighted by molar-refractivity contribution is 0.112. The SMILES string of the molecule is CCCCCCC1(CCCCCC)c2cc(-c3cc4c(s3)-c3sc(OC)cc3C4(CC(CC)CCCC)CC(CC)CCCC)c(CO)cc2-c2sc(C=O)cc21. The van der Waals surface area contributed by atoms with Gasteiger partial charge in [-0.25, -0.2) is 0 Å². The summed E-state index contributed by atoms with van der Waals surface area (Å²) >= 11 is 5.47. The molecule has 0 spiro atoms. The van der Waals surface area contributed by atoms with Crippen molar-refractivity contribution in [3.63, 3.8) is 0 Å². The van der Waals surface area contributed by atoms with Gasteiger partial charge in [-0.1, -0.05) is 156 Å². The summed E-state index contributed by atoms with van der Waals surface area (Å²) in [4.78, 5) is 18.5. The first-order chi connectivity index (χ1) is 27.8. The number of fused-ring (bicyclic) bond motifs is 6. The first kappa shape index (κ1) is 44.3. The Kier molecular flexibility index (Phi) is 15.8. The highest BCUT2D eigenvalue weighted by molar-refractivity contribution is 7.25. The molecule has 6 rings (SSSR count). The zero-order valence-corrected chi connectivity index (χ0v) is 38.9. The van der Waals surface area contributed by atoms with E-state index >= 15 is 0 Å². The molecule has 2 aliphatic carbocycles. The largest absolute Gasteiger partial charge is 0.487 e. The molecule has 3 heterocycles. The molecule has 0 saturated heterocycles. The second-order valence-corrected chi connectivity index (χ2v) is 20.8. The highest BCUT2D eigenvalue weighted by Gasteiger charge is 2.49. The summed E-state index contributed by atoms with van der Waals surface area (Å²) in [6.07, 6.45) is 25.5. The minimum Gasteiger partial charge on any atom is -0.487 e. The average Bonchev–Trinajstić information content (AvgIpc) is 4.05. The van der Waals surface area contributed by atoms with Gasteiger partial charge < -0.3 is 9.84 Å². The van der Waals surface area contributed by atoms with Gasteiger partial charge in [0.25, 0.3) is 0 Å². The van der Waals surface area contributed by atoms with E-state index in [9.17, 15) is 9.90 Å². The summed E-state index contributed by atoms with van der Waals surface area (Å²) in [7, 11) is 1.83. The number of unbranched alkanes of at least 4 members (excludes halogenated alkanes) is 8. The van der Waals surface area contributed by atoms with Crippen LogP contribution in [0.4, 0.5) is 0 Å². The first-order valence-electron chi connectivity index (χ1n) is 23.0. The van der Waals surface area contributed by atoms with Crippen LogP contribution in [0.1, 0.15) is 207 Å². The van der Waals surface area contributed by atoms with Crippen molar-refractivity contribution in [2.45, 2.75) is 187 Å². The summed E-state index contributed by atoms with van der Waals surface area (Å²) in [5, 5.41) is 12.2. The number of thiophene rings is 3. The standard InChI is InChI=1S/C51H72O3S3/c1-8-14-18-20-24-50(25-21-19-15-9-2)41-28-39(37(33-52)26-40(41)47-42(50)27-38(34-53)55-47)45-29-43-48(56-45)49-44(30-46(54-7)57-49)51(43,31-35(12-5)22-16-10-3)32-36(13-6)23-17-11-4/h26-30,34-36,52H,8-25,31-33H2,1-7H3. The molecule has 2 atom stereocenters. The van der Waals surface area contributed by atoms with Gasteiger partial charge in [-0.05, 0) is 107 Å². The molecular weight excluding hydrogens is 757 g/mol. The van der Waals surface area contributed by atoms with Gasteiger partial charge in [-0.15, -0.1) is 22.7 Å². The minimum atomic E-state index is -0.105. The van der Waals surface area contributed by atoms with Crippen LogP contribution >= 0.6 is 34.0 Å². The number of methoxy groups -OCH3 is 1. The topological polar surface area (TPSA) is 46.5 Å². The molecule has 0 radical (unpaired) electrons. The number of aldehydes is 1. The number of hydrogen-bond donors (Lipinski definition) is 1. The maximum absolute atomic E-state index is 12.3. The molecule has 0 amide bonds. The Hall–Kier alpha value is -2.25. The minimum absolute atomic E-state index is 0.000499. The first-order valence-corrected chi connectivity index (χ1v) is 25.5. The average molecular weight is 829 g/mol. The maximum atomic E-state index is 12.3. The van der Waals surface area contributed by atoms with Crippen molar-refractivity contribution in [1.29, 1.82) is 0 Å². The lowest BCUT2D eigenvalue weighted by Gasteiger charge is -2.37. The van der Waals surface area contributed by atoms with Gasteiger partial charge in [0.2, 0.25) is 0 Å². The number of aliphatic hydroxyl groups is 1. The van der Waals surface area contributed by atoms with Crippen molar-refractivity contribution in [3.05, 3.63) is 63.0 Å². The molecule has 4 aromatic rings. The lowest BCUT2D eigenvalue weighted by atomic mass is 9.65. The molecule has 0 bridgehead atoms. The Balaban J connectivity index is 1.54. The van der Waals surface area contributed by atoms with Gasteiger partial charge in [0.05, 0.1) is 23.5 Å². The smallest absolute Gasteiger partial charge is 0.174 e. The van der Waals surface area contributed by atoms with Crippen LogP contribution in [0.25, 0.3) is 30.6 Å². The van der Waals surface area contributed by atoms with Gasteiger partial charge in [-0.2, -0.15) is 0 Å². The molecule has 1 aromatic carbocycles. The van der Waals surface area contributed by atoms with Crippen LogP contribution in [-0.2, 0) is 17.4 Å². The van der Waals surface area contributed by atoms with Crippen LogP contribution in [0.15, 0.2) is 30.3 Å². The fourth-order valence-electron chi connectivity index (χ4n) is 10.7. The van der Waals surface area contributed by atoms with Crippen LogP contribution in [0.3, 0.4) is 0 Å². The van der Waals surface area contributed by atoms with E-state index < -0.39 is 0 Å². The molecule has 0 aliphatic heterocycles. The van der Waals surface area contributed by atoms with Gasteiger partial charge in [0.15, 0.2) is 11.3 Å². The van der Waals surface area contributed by atoms with Crippen LogP contribution in [-0.4, -0.2) is 18.5 Å². The van der Waals surface area contributed by atoms with Crippen molar-refractivity contribution in [2.24, 2.45) is 11.8 Å². The summed E-state index contributed by atoms with van der Waals surface area (Å²) in [5.41, 5.74) is 9.21. The molecule has 3 nitrogen and oxygen atoms in total. The molecule has 3 aromatic heterocycles. The number of carbonyl (C=O) groups is 1. The number of aliphatic hydroxyl groups excluding tert-OH is 1. The maximum Gasteiger partial charge on any atom is 0.174 e. The van der Waals surface area contributed by atoms with E-state index in [1.165, 1.54) is 163 Å². The Bertz CT molecular complexity index is 1880. The van der Waals surface area contributed by atoms with Crippen molar-refractivity contribution < 1.29 is 14.6 Å². The van der Waals surface area contributed by atoms with Gasteiger partial charge in [0.1, 0.15) is 0 Å². The Morgan fingerprint density at radius 3 is 1.74 bits per heavy atom. The molecule has 0 saturated carbocycles. The number of hydrogen-bond acceptors (Lipinski definition) is 6. The molecule has 312 valence electrons. The van der Waals surface area contributed by atoms with Gasteiger partial charge in [-0.3, -0.25) is 4.79 Å². The number of benzene rings is 1. The second kappa shape index (κ2) is 20.3. The highest BCUT2D eigenvalue weighted by Crippen LogP contribution is 2.64. The van der Waals surface area contributed by atoms with Crippen molar-refractivity contribution in [3.8, 4) is 35.7 Å². The van der Waals surface area contributed by atoms with Crippen LogP contribution in [0.5, 0.6) is 5.06 Å². The third-order valence-corrected chi connectivity index (χ3v) is 17.5. The van der Waals surface area contributed by atoms with Crippen molar-refractivity contribution in [1.82, 2.24) is 0 Å². The molecule has 1 N–H and O–H groups in total. The molecule has 0 fully saturated rings. The van der Waals surface area contributed by atoms with E-state index in [0.29, 0.717) is 11.8 Å². The summed E-state index contributed by atoms with van der Waals surface area (Å²) in [6, 6.07) is 12.1. The van der Waals surface area contributed by atoms with E-state index in [2.05, 4.69) is 71.9 Å². The van der Waals surface area contributed by atoms with Gasteiger partial charge >= 0.3 is 0 Å². The molecular formula is C51H72O3S3. The summed E-state index contributed by atoms with van der Waals surface area (Å²) in [6.45, 7) is 14.1. The molecule has 6 heteroatoms. The van der Waals surface area contributed by atoms with Crippen LogP contribution < -0.4 is 4.74 Å². The van der Waals surface area contributed by atoms with Crippen molar-refractivity contribution in [2.75, 3.05) is 7.11 Å². The quantitative estimate of drug-likeness (QED) is 0.0507. The fraction of sp³-hybridized carbons (Fsp3) is 0.627. The van der Waals surface area contributed by atoms with Crippen molar-refractivity contribution >= 4 is 40.3 Å². The van der Waals surface area contributed by atoms with Crippen LogP contribution in [0.2, 0.25) is 0 Å². The van der Waals surface area contributed by atoms with E-state index in [1.54, 1.807) is 16.9 Å². The zero-order valence-electron chi connectivity index (χ0n) is 36.5. The monoisotopic (exact) mass is 828 g/mol. The lowest BCUT2D eigenvalue weighted by Crippen LogP contribution is -2.31.